The van der Waals surface area contributed by atoms with Crippen LogP contribution in [0.3, 0.4) is 0 Å². The SMILES string of the molecule is Brc1cc2c(Br)cc1CCc1cc(Br)c(cc1Br)CC2. The summed E-state index contributed by atoms with van der Waals surface area (Å²) in [6, 6.07) is 9.04. The van der Waals surface area contributed by atoms with E-state index >= 15 is 0 Å². The van der Waals surface area contributed by atoms with E-state index in [0.717, 1.165) is 25.7 Å². The molecule has 4 heteroatoms. The van der Waals surface area contributed by atoms with Crippen molar-refractivity contribution in [1.29, 1.82) is 0 Å². The Hall–Kier alpha value is 0.360. The third-order valence-corrected chi connectivity index (χ3v) is 6.71. The Morgan fingerprint density at radius 1 is 0.450 bits per heavy atom. The summed E-state index contributed by atoms with van der Waals surface area (Å²) < 4.78 is 4.89. The van der Waals surface area contributed by atoms with Crippen LogP contribution < -0.4 is 0 Å². The van der Waals surface area contributed by atoms with Crippen LogP contribution in [-0.2, 0) is 25.7 Å². The number of aryl methyl sites for hydroxylation is 4. The molecule has 4 bridgehead atoms. The van der Waals surface area contributed by atoms with Gasteiger partial charge >= 0.3 is 0 Å². The number of rotatable bonds is 0. The summed E-state index contributed by atoms with van der Waals surface area (Å²) in [5.41, 5.74) is 5.42. The molecule has 0 atom stereocenters. The van der Waals surface area contributed by atoms with Gasteiger partial charge < -0.3 is 0 Å². The minimum atomic E-state index is 1.03. The molecule has 4 aliphatic carbocycles. The highest BCUT2D eigenvalue weighted by Gasteiger charge is 2.13. The first-order valence-corrected chi connectivity index (χ1v) is 9.65. The molecule has 0 fully saturated rings. The molecule has 0 saturated carbocycles. The minimum Gasteiger partial charge on any atom is -0.0505 e. The van der Waals surface area contributed by atoms with Crippen molar-refractivity contribution in [2.24, 2.45) is 0 Å². The number of benzene rings is 2. The van der Waals surface area contributed by atoms with Gasteiger partial charge in [-0.1, -0.05) is 63.7 Å². The van der Waals surface area contributed by atoms with Crippen molar-refractivity contribution < 1.29 is 0 Å². The third-order valence-electron chi connectivity index (χ3n) is 3.76. The van der Waals surface area contributed by atoms with Gasteiger partial charge in [0, 0.05) is 17.9 Å². The second kappa shape index (κ2) is 6.23. The molecule has 0 unspecified atom stereocenters. The standard InChI is InChI=1S/C16H12Br4/c17-13-7-11-3-4-12-8-15(19)10(6-16(12)20)2-1-9(13)5-14(11)18/h5-8H,1-4H2. The van der Waals surface area contributed by atoms with E-state index in [0.29, 0.717) is 0 Å². The summed E-state index contributed by atoms with van der Waals surface area (Å²) in [5.74, 6) is 0. The van der Waals surface area contributed by atoms with Crippen molar-refractivity contribution in [1.82, 2.24) is 0 Å². The van der Waals surface area contributed by atoms with Gasteiger partial charge in [0.25, 0.3) is 0 Å². The summed E-state index contributed by atoms with van der Waals surface area (Å²) in [7, 11) is 0. The van der Waals surface area contributed by atoms with Gasteiger partial charge in [0.1, 0.15) is 0 Å². The Labute approximate surface area is 152 Å². The van der Waals surface area contributed by atoms with Crippen molar-refractivity contribution in [3.63, 3.8) is 0 Å². The van der Waals surface area contributed by atoms with Crippen LogP contribution in [0.5, 0.6) is 0 Å². The van der Waals surface area contributed by atoms with Crippen molar-refractivity contribution in [3.8, 4) is 0 Å². The van der Waals surface area contributed by atoms with Crippen molar-refractivity contribution in [3.05, 3.63) is 64.4 Å². The Kier molecular flexibility index (Phi) is 4.76. The smallest absolute Gasteiger partial charge is 0.0210 e. The van der Waals surface area contributed by atoms with Gasteiger partial charge in [0.2, 0.25) is 0 Å². The molecule has 104 valence electrons. The first-order valence-electron chi connectivity index (χ1n) is 6.48. The fraction of sp³-hybridized carbons (Fsp3) is 0.250. The van der Waals surface area contributed by atoms with Gasteiger partial charge in [-0.05, 0) is 72.2 Å². The molecule has 0 aromatic heterocycles. The van der Waals surface area contributed by atoms with Crippen LogP contribution in [0.25, 0.3) is 0 Å². The van der Waals surface area contributed by atoms with Crippen LogP contribution in [0.2, 0.25) is 0 Å². The monoisotopic (exact) mass is 520 g/mol. The third kappa shape index (κ3) is 3.08. The maximum Gasteiger partial charge on any atom is 0.0210 e. The zero-order valence-electron chi connectivity index (χ0n) is 10.6. The van der Waals surface area contributed by atoms with E-state index in [2.05, 4.69) is 88.0 Å². The summed E-state index contributed by atoms with van der Waals surface area (Å²) in [5, 5.41) is 0. The van der Waals surface area contributed by atoms with Gasteiger partial charge in [-0.2, -0.15) is 0 Å². The normalized spacial score (nSPS) is 14.2. The largest absolute Gasteiger partial charge is 0.0505 e. The molecule has 0 aliphatic heterocycles. The Balaban J connectivity index is 2.11. The molecule has 2 aromatic rings. The molecule has 0 radical (unpaired) electrons. The van der Waals surface area contributed by atoms with E-state index in [4.69, 9.17) is 0 Å². The molecular formula is C16H12Br4. The number of hydrogen-bond acceptors (Lipinski definition) is 0. The van der Waals surface area contributed by atoms with E-state index < -0.39 is 0 Å². The second-order valence-electron chi connectivity index (χ2n) is 5.07. The van der Waals surface area contributed by atoms with Crippen LogP contribution in [-0.4, -0.2) is 0 Å². The topological polar surface area (TPSA) is 0 Å². The average Bonchev–Trinajstić information content (AvgIpc) is 2.40. The predicted octanol–water partition coefficient (Wildman–Crippen LogP) is 6.62. The number of halogens is 4. The average molecular weight is 524 g/mol. The van der Waals surface area contributed by atoms with Gasteiger partial charge in [-0.3, -0.25) is 0 Å². The van der Waals surface area contributed by atoms with Gasteiger partial charge in [-0.25, -0.2) is 0 Å². The summed E-state index contributed by atoms with van der Waals surface area (Å²) in [4.78, 5) is 0. The zero-order chi connectivity index (χ0) is 14.3. The molecule has 6 rings (SSSR count). The van der Waals surface area contributed by atoms with E-state index in [1.165, 1.54) is 40.1 Å². The fourth-order valence-electron chi connectivity index (χ4n) is 2.56. The van der Waals surface area contributed by atoms with E-state index in [1.54, 1.807) is 0 Å². The second-order valence-corrected chi connectivity index (χ2v) is 8.49. The Morgan fingerprint density at radius 3 is 0.850 bits per heavy atom. The maximum absolute atomic E-state index is 3.71. The van der Waals surface area contributed by atoms with E-state index in [9.17, 15) is 0 Å². The highest BCUT2D eigenvalue weighted by atomic mass is 79.9. The molecule has 4 aliphatic rings. The lowest BCUT2D eigenvalue weighted by molar-refractivity contribution is 0.903. The highest BCUT2D eigenvalue weighted by Crippen LogP contribution is 2.33. The number of hydrogen-bond donors (Lipinski definition) is 0. The molecule has 0 nitrogen and oxygen atoms in total. The predicted molar refractivity (Wildman–Crippen MR) is 98.5 cm³/mol. The van der Waals surface area contributed by atoms with Crippen LogP contribution in [0.4, 0.5) is 0 Å². The van der Waals surface area contributed by atoms with Gasteiger partial charge in [0.15, 0.2) is 0 Å². The first kappa shape index (κ1) is 15.3. The van der Waals surface area contributed by atoms with Gasteiger partial charge in [0.05, 0.1) is 0 Å². The molecule has 0 spiro atoms. The van der Waals surface area contributed by atoms with E-state index in [1.807, 2.05) is 0 Å². The lowest BCUT2D eigenvalue weighted by Crippen LogP contribution is -2.02. The van der Waals surface area contributed by atoms with Crippen LogP contribution in [0.15, 0.2) is 42.2 Å². The van der Waals surface area contributed by atoms with E-state index in [-0.39, 0.29) is 0 Å². The lowest BCUT2D eigenvalue weighted by Gasteiger charge is -2.15. The molecule has 2 aromatic carbocycles. The molecular weight excluding hydrogens is 512 g/mol. The summed E-state index contributed by atoms with van der Waals surface area (Å²) >= 11 is 14.9. The quantitative estimate of drug-likeness (QED) is 0.364. The first-order chi connectivity index (χ1) is 9.54. The Morgan fingerprint density at radius 2 is 0.650 bits per heavy atom. The van der Waals surface area contributed by atoms with Crippen molar-refractivity contribution in [2.75, 3.05) is 0 Å². The van der Waals surface area contributed by atoms with Crippen molar-refractivity contribution in [2.45, 2.75) is 25.7 Å². The molecule has 0 amide bonds. The van der Waals surface area contributed by atoms with Crippen LogP contribution >= 0.6 is 63.7 Å². The highest BCUT2D eigenvalue weighted by molar-refractivity contribution is 9.11. The van der Waals surface area contributed by atoms with Crippen LogP contribution in [0, 0.1) is 0 Å². The molecule has 0 heterocycles. The maximum atomic E-state index is 3.71. The van der Waals surface area contributed by atoms with Crippen molar-refractivity contribution >= 4 is 63.7 Å². The van der Waals surface area contributed by atoms with Gasteiger partial charge in [-0.15, -0.1) is 0 Å². The van der Waals surface area contributed by atoms with Crippen LogP contribution in [0.1, 0.15) is 22.3 Å². The lowest BCUT2D eigenvalue weighted by atomic mass is 9.97. The summed E-state index contributed by atoms with van der Waals surface area (Å²) in [6.45, 7) is 0. The molecule has 20 heavy (non-hydrogen) atoms. The Bertz CT molecular complexity index is 558. The summed E-state index contributed by atoms with van der Waals surface area (Å²) in [6.07, 6.45) is 4.13. The minimum absolute atomic E-state index is 1.03. The fourth-order valence-corrected chi connectivity index (χ4v) is 4.92. The zero-order valence-corrected chi connectivity index (χ0v) is 17.0. The molecule has 0 N–H and O–H groups in total. The molecule has 0 saturated heterocycles.